The molecule has 5 heteroatoms. The van der Waals surface area contributed by atoms with E-state index in [1.54, 1.807) is 0 Å². The van der Waals surface area contributed by atoms with Crippen molar-refractivity contribution < 1.29 is 13.6 Å². The lowest BCUT2D eigenvalue weighted by atomic mass is 9.95. The highest BCUT2D eigenvalue weighted by atomic mass is 32.2. The molecule has 0 fully saturated rings. The molecule has 25 heavy (non-hydrogen) atoms. The van der Waals surface area contributed by atoms with Gasteiger partial charge in [-0.3, -0.25) is 4.79 Å². The summed E-state index contributed by atoms with van der Waals surface area (Å²) in [5, 5.41) is 3.04. The maximum Gasteiger partial charge on any atom is 0.230 e. The number of hydrogen-bond donors (Lipinski definition) is 1. The van der Waals surface area contributed by atoms with Gasteiger partial charge in [0.15, 0.2) is 11.6 Å². The van der Waals surface area contributed by atoms with E-state index in [1.165, 1.54) is 23.4 Å². The third kappa shape index (κ3) is 5.56. The molecule has 0 bridgehead atoms. The number of amides is 1. The lowest BCUT2D eigenvalue weighted by molar-refractivity contribution is -0.119. The fourth-order valence-corrected chi connectivity index (χ4v) is 3.26. The third-order valence-electron chi connectivity index (χ3n) is 3.99. The SMILES string of the molecule is CCc1ccc(C(NC(=O)CSc2ccc(F)c(F)c2)C(C)C)cc1. The fourth-order valence-electron chi connectivity index (χ4n) is 2.53. The Kier molecular flexibility index (Phi) is 7.00. The first-order chi connectivity index (χ1) is 11.9. The molecule has 134 valence electrons. The van der Waals surface area contributed by atoms with Crippen LogP contribution in [0, 0.1) is 17.6 Å². The molecule has 0 radical (unpaired) electrons. The second kappa shape index (κ2) is 8.99. The minimum atomic E-state index is -0.901. The summed E-state index contributed by atoms with van der Waals surface area (Å²) in [6.07, 6.45) is 0.976. The molecule has 2 aromatic carbocycles. The molecule has 2 aromatic rings. The minimum Gasteiger partial charge on any atom is -0.348 e. The van der Waals surface area contributed by atoms with Crippen LogP contribution < -0.4 is 5.32 Å². The van der Waals surface area contributed by atoms with Gasteiger partial charge in [0.1, 0.15) is 0 Å². The summed E-state index contributed by atoms with van der Waals surface area (Å²) in [6, 6.07) is 11.8. The minimum absolute atomic E-state index is 0.0797. The van der Waals surface area contributed by atoms with Gasteiger partial charge in [-0.2, -0.15) is 0 Å². The van der Waals surface area contributed by atoms with E-state index in [-0.39, 0.29) is 23.6 Å². The Morgan fingerprint density at radius 3 is 2.32 bits per heavy atom. The van der Waals surface area contributed by atoms with Crippen molar-refractivity contribution in [3.05, 3.63) is 65.2 Å². The van der Waals surface area contributed by atoms with E-state index in [1.807, 2.05) is 12.1 Å². The van der Waals surface area contributed by atoms with Crippen molar-refractivity contribution in [2.45, 2.75) is 38.1 Å². The van der Waals surface area contributed by atoms with Crippen LogP contribution in [0.2, 0.25) is 0 Å². The van der Waals surface area contributed by atoms with Gasteiger partial charge < -0.3 is 5.32 Å². The van der Waals surface area contributed by atoms with E-state index >= 15 is 0 Å². The van der Waals surface area contributed by atoms with E-state index in [0.717, 1.165) is 24.1 Å². The van der Waals surface area contributed by atoms with Crippen LogP contribution in [0.1, 0.15) is 37.9 Å². The summed E-state index contributed by atoms with van der Waals surface area (Å²) in [4.78, 5) is 12.8. The van der Waals surface area contributed by atoms with Gasteiger partial charge in [-0.05, 0) is 41.7 Å². The van der Waals surface area contributed by atoms with Crippen LogP contribution in [-0.2, 0) is 11.2 Å². The molecule has 2 rings (SSSR count). The lowest BCUT2D eigenvalue weighted by Crippen LogP contribution is -2.33. The van der Waals surface area contributed by atoms with Gasteiger partial charge in [-0.15, -0.1) is 11.8 Å². The van der Waals surface area contributed by atoms with Gasteiger partial charge >= 0.3 is 0 Å². The van der Waals surface area contributed by atoms with Crippen molar-refractivity contribution in [1.29, 1.82) is 0 Å². The molecule has 0 aliphatic carbocycles. The van der Waals surface area contributed by atoms with Crippen LogP contribution >= 0.6 is 11.8 Å². The van der Waals surface area contributed by atoms with Crippen molar-refractivity contribution in [2.24, 2.45) is 5.92 Å². The highest BCUT2D eigenvalue weighted by molar-refractivity contribution is 8.00. The zero-order valence-corrected chi connectivity index (χ0v) is 15.5. The average Bonchev–Trinajstić information content (AvgIpc) is 2.60. The number of nitrogens with one attached hydrogen (secondary N) is 1. The number of rotatable bonds is 7. The summed E-state index contributed by atoms with van der Waals surface area (Å²) in [6.45, 7) is 6.22. The van der Waals surface area contributed by atoms with E-state index in [4.69, 9.17) is 0 Å². The van der Waals surface area contributed by atoms with E-state index in [0.29, 0.717) is 4.90 Å². The Morgan fingerprint density at radius 2 is 1.76 bits per heavy atom. The van der Waals surface area contributed by atoms with E-state index in [9.17, 15) is 13.6 Å². The molecular formula is C20H23F2NOS. The van der Waals surface area contributed by atoms with Crippen molar-refractivity contribution in [3.8, 4) is 0 Å². The van der Waals surface area contributed by atoms with E-state index in [2.05, 4.69) is 38.2 Å². The summed E-state index contributed by atoms with van der Waals surface area (Å²) in [7, 11) is 0. The number of carbonyl (C=O) groups is 1. The van der Waals surface area contributed by atoms with Gasteiger partial charge in [0, 0.05) is 4.90 Å². The highest BCUT2D eigenvalue weighted by Gasteiger charge is 2.18. The Bertz CT molecular complexity index is 716. The number of benzene rings is 2. The summed E-state index contributed by atoms with van der Waals surface area (Å²) >= 11 is 1.19. The largest absolute Gasteiger partial charge is 0.348 e. The fraction of sp³-hybridized carbons (Fsp3) is 0.350. The number of thioether (sulfide) groups is 1. The Morgan fingerprint density at radius 1 is 1.08 bits per heavy atom. The highest BCUT2D eigenvalue weighted by Crippen LogP contribution is 2.24. The standard InChI is InChI=1S/C20H23F2NOS/c1-4-14-5-7-15(8-6-14)20(13(2)3)23-19(24)12-25-16-9-10-17(21)18(22)11-16/h5-11,13,20H,4,12H2,1-3H3,(H,23,24). The number of aryl methyl sites for hydroxylation is 1. The molecular weight excluding hydrogens is 340 g/mol. The smallest absolute Gasteiger partial charge is 0.230 e. The second-order valence-electron chi connectivity index (χ2n) is 6.25. The number of halogens is 2. The van der Waals surface area contributed by atoms with Crippen molar-refractivity contribution in [1.82, 2.24) is 5.32 Å². The molecule has 1 atom stereocenters. The predicted octanol–water partition coefficient (Wildman–Crippen LogP) is 5.13. The first-order valence-corrected chi connectivity index (χ1v) is 9.35. The maximum atomic E-state index is 13.2. The molecule has 1 amide bonds. The van der Waals surface area contributed by atoms with Crippen LogP contribution in [0.4, 0.5) is 8.78 Å². The number of hydrogen-bond acceptors (Lipinski definition) is 2. The first-order valence-electron chi connectivity index (χ1n) is 8.36. The predicted molar refractivity (Wildman–Crippen MR) is 98.6 cm³/mol. The van der Waals surface area contributed by atoms with Crippen LogP contribution in [0.3, 0.4) is 0 Å². The molecule has 1 unspecified atom stereocenters. The topological polar surface area (TPSA) is 29.1 Å². The molecule has 0 spiro atoms. The second-order valence-corrected chi connectivity index (χ2v) is 7.30. The van der Waals surface area contributed by atoms with Crippen LogP contribution in [-0.4, -0.2) is 11.7 Å². The van der Waals surface area contributed by atoms with Crippen molar-refractivity contribution in [3.63, 3.8) is 0 Å². The summed E-state index contributed by atoms with van der Waals surface area (Å²) in [5.74, 6) is -1.52. The monoisotopic (exact) mass is 363 g/mol. The third-order valence-corrected chi connectivity index (χ3v) is 4.99. The number of carbonyl (C=O) groups excluding carboxylic acids is 1. The van der Waals surface area contributed by atoms with Gasteiger partial charge in [-0.25, -0.2) is 8.78 Å². The van der Waals surface area contributed by atoms with Gasteiger partial charge in [0.2, 0.25) is 5.91 Å². The summed E-state index contributed by atoms with van der Waals surface area (Å²) in [5.41, 5.74) is 2.32. The van der Waals surface area contributed by atoms with Gasteiger partial charge in [0.05, 0.1) is 11.8 Å². The van der Waals surface area contributed by atoms with Gasteiger partial charge in [-0.1, -0.05) is 45.0 Å². The van der Waals surface area contributed by atoms with Gasteiger partial charge in [0.25, 0.3) is 0 Å². The molecule has 0 saturated heterocycles. The summed E-state index contributed by atoms with van der Waals surface area (Å²) < 4.78 is 26.2. The van der Waals surface area contributed by atoms with E-state index < -0.39 is 11.6 Å². The van der Waals surface area contributed by atoms with Crippen molar-refractivity contribution in [2.75, 3.05) is 5.75 Å². The molecule has 0 heterocycles. The molecule has 0 aromatic heterocycles. The molecule has 2 nitrogen and oxygen atoms in total. The Labute approximate surface area is 152 Å². The Hall–Kier alpha value is -1.88. The van der Waals surface area contributed by atoms with Crippen molar-refractivity contribution >= 4 is 17.7 Å². The molecule has 0 aliphatic rings. The van der Waals surface area contributed by atoms with Crippen LogP contribution in [0.15, 0.2) is 47.4 Å². The maximum absolute atomic E-state index is 13.2. The zero-order valence-electron chi connectivity index (χ0n) is 14.7. The van der Waals surface area contributed by atoms with Crippen LogP contribution in [0.25, 0.3) is 0 Å². The zero-order chi connectivity index (χ0) is 18.4. The normalized spacial score (nSPS) is 12.2. The Balaban J connectivity index is 1.98. The first kappa shape index (κ1) is 19.4. The molecule has 0 saturated carbocycles. The lowest BCUT2D eigenvalue weighted by Gasteiger charge is -2.23. The quantitative estimate of drug-likeness (QED) is 0.691. The van der Waals surface area contributed by atoms with Crippen LogP contribution in [0.5, 0.6) is 0 Å². The average molecular weight is 363 g/mol. The molecule has 0 aliphatic heterocycles. The molecule has 1 N–H and O–H groups in total.